The summed E-state index contributed by atoms with van der Waals surface area (Å²) in [5.41, 5.74) is 6.14. The fraction of sp³-hybridized carbons (Fsp3) is 0.500. The van der Waals surface area contributed by atoms with Gasteiger partial charge in [-0.05, 0) is 43.9 Å². The summed E-state index contributed by atoms with van der Waals surface area (Å²) in [7, 11) is 1.18. The number of benzene rings is 1. The van der Waals surface area contributed by atoms with Crippen molar-refractivity contribution >= 4 is 30.4 Å². The molecule has 0 bridgehead atoms. The number of aliphatic carboxylic acids is 1. The number of methoxy groups -OCH3 is 1. The summed E-state index contributed by atoms with van der Waals surface area (Å²) in [6.45, 7) is -1.48. The Morgan fingerprint density at radius 3 is 2.54 bits per heavy atom. The Bertz CT molecular complexity index is 1210. The molecule has 1 saturated heterocycles. The molecule has 2 unspecified atom stereocenters. The van der Waals surface area contributed by atoms with Crippen LogP contribution in [0.25, 0.3) is 11.5 Å². The molecule has 2 fully saturated rings. The van der Waals surface area contributed by atoms with Crippen molar-refractivity contribution in [2.75, 3.05) is 33.4 Å². The maximum atomic E-state index is 13.5. The fourth-order valence-electron chi connectivity index (χ4n) is 4.02. The van der Waals surface area contributed by atoms with Gasteiger partial charge in [-0.15, -0.1) is 12.4 Å². The number of nitrogens with zero attached hydrogens (tertiary/aromatic N) is 3. The van der Waals surface area contributed by atoms with Crippen LogP contribution in [0.4, 0.5) is 13.6 Å². The SMILES string of the molecule is COC(=O)N1CCN(C(=O)c2nc(-c3ccc(OC(F)F)c(OCC4CC4)c3)oc2C(C)N)C(C(=O)O)C1.Cl. The predicted octanol–water partition coefficient (Wildman–Crippen LogP) is 3.15. The number of carboxylic acids is 1. The van der Waals surface area contributed by atoms with E-state index in [0.717, 1.165) is 17.7 Å². The van der Waals surface area contributed by atoms with E-state index in [0.29, 0.717) is 18.1 Å². The van der Waals surface area contributed by atoms with Crippen LogP contribution in [0.2, 0.25) is 0 Å². The zero-order chi connectivity index (χ0) is 27.6. The van der Waals surface area contributed by atoms with Gasteiger partial charge in [-0.3, -0.25) is 4.79 Å². The molecule has 2 heterocycles. The molecule has 214 valence electrons. The van der Waals surface area contributed by atoms with Crippen molar-refractivity contribution in [1.82, 2.24) is 14.8 Å². The van der Waals surface area contributed by atoms with Gasteiger partial charge in [0.25, 0.3) is 5.91 Å². The van der Waals surface area contributed by atoms with Crippen LogP contribution in [-0.4, -0.2) is 83.9 Å². The lowest BCUT2D eigenvalue weighted by molar-refractivity contribution is -0.144. The van der Waals surface area contributed by atoms with Gasteiger partial charge < -0.3 is 39.3 Å². The summed E-state index contributed by atoms with van der Waals surface area (Å²) in [5.74, 6) is -1.84. The zero-order valence-electron chi connectivity index (χ0n) is 21.2. The van der Waals surface area contributed by atoms with Gasteiger partial charge in [0.15, 0.2) is 23.0 Å². The van der Waals surface area contributed by atoms with E-state index in [4.69, 9.17) is 14.9 Å². The number of hydrogen-bond donors (Lipinski definition) is 2. The van der Waals surface area contributed by atoms with Crippen LogP contribution in [-0.2, 0) is 9.53 Å². The first-order chi connectivity index (χ1) is 18.1. The average molecular weight is 575 g/mol. The number of hydrogen-bond acceptors (Lipinski definition) is 9. The van der Waals surface area contributed by atoms with Crippen molar-refractivity contribution in [3.8, 4) is 23.0 Å². The van der Waals surface area contributed by atoms with Gasteiger partial charge in [-0.2, -0.15) is 8.78 Å². The summed E-state index contributed by atoms with van der Waals surface area (Å²) < 4.78 is 46.5. The Labute approximate surface area is 228 Å². The minimum atomic E-state index is -3.05. The minimum Gasteiger partial charge on any atom is -0.489 e. The molecule has 15 heteroatoms. The van der Waals surface area contributed by atoms with E-state index >= 15 is 0 Å². The first-order valence-electron chi connectivity index (χ1n) is 11.9. The van der Waals surface area contributed by atoms with Crippen LogP contribution in [0.5, 0.6) is 11.5 Å². The number of amides is 2. The number of carbonyl (C=O) groups excluding carboxylic acids is 2. The van der Waals surface area contributed by atoms with Gasteiger partial charge in [0.1, 0.15) is 6.04 Å². The van der Waals surface area contributed by atoms with Crippen molar-refractivity contribution in [1.29, 1.82) is 0 Å². The number of halogens is 3. The molecule has 1 aromatic heterocycles. The van der Waals surface area contributed by atoms with Crippen molar-refractivity contribution in [3.05, 3.63) is 29.7 Å². The molecular formula is C24H29ClF2N4O8. The molecule has 39 heavy (non-hydrogen) atoms. The Morgan fingerprint density at radius 2 is 1.95 bits per heavy atom. The second-order valence-corrected chi connectivity index (χ2v) is 9.08. The molecule has 2 amide bonds. The van der Waals surface area contributed by atoms with Gasteiger partial charge in [0.2, 0.25) is 5.89 Å². The van der Waals surface area contributed by atoms with Gasteiger partial charge in [0, 0.05) is 18.7 Å². The zero-order valence-corrected chi connectivity index (χ0v) is 22.0. The molecule has 1 aliphatic heterocycles. The predicted molar refractivity (Wildman–Crippen MR) is 133 cm³/mol. The lowest BCUT2D eigenvalue weighted by Crippen LogP contribution is -2.59. The van der Waals surface area contributed by atoms with Crippen LogP contribution < -0.4 is 15.2 Å². The van der Waals surface area contributed by atoms with Crippen LogP contribution in [0.15, 0.2) is 22.6 Å². The van der Waals surface area contributed by atoms with Crippen molar-refractivity contribution in [3.63, 3.8) is 0 Å². The first kappa shape index (κ1) is 29.9. The fourth-order valence-corrected chi connectivity index (χ4v) is 4.02. The van der Waals surface area contributed by atoms with E-state index in [9.17, 15) is 28.3 Å². The van der Waals surface area contributed by atoms with E-state index in [1.807, 2.05) is 0 Å². The van der Waals surface area contributed by atoms with Crippen molar-refractivity contribution in [2.24, 2.45) is 11.7 Å². The van der Waals surface area contributed by atoms with Crippen LogP contribution in [0.3, 0.4) is 0 Å². The van der Waals surface area contributed by atoms with Gasteiger partial charge in [-0.25, -0.2) is 14.6 Å². The highest BCUT2D eigenvalue weighted by Crippen LogP contribution is 2.37. The quantitative estimate of drug-likeness (QED) is 0.456. The Balaban J connectivity index is 0.00000420. The number of nitrogens with two attached hydrogens (primary N) is 1. The van der Waals surface area contributed by atoms with E-state index in [1.165, 1.54) is 30.2 Å². The normalized spacial score (nSPS) is 17.8. The molecule has 1 aromatic carbocycles. The molecule has 4 rings (SSSR count). The number of alkyl halides is 2. The summed E-state index contributed by atoms with van der Waals surface area (Å²) in [6, 6.07) is 1.97. The number of oxazole rings is 1. The Morgan fingerprint density at radius 1 is 1.23 bits per heavy atom. The first-order valence-corrected chi connectivity index (χ1v) is 11.9. The molecule has 2 aliphatic rings. The average Bonchev–Trinajstić information content (AvgIpc) is 3.61. The van der Waals surface area contributed by atoms with Crippen LogP contribution >= 0.6 is 12.4 Å². The Hall–Kier alpha value is -3.65. The molecule has 0 spiro atoms. The van der Waals surface area contributed by atoms with Crippen molar-refractivity contribution < 1.29 is 46.9 Å². The molecule has 1 saturated carbocycles. The van der Waals surface area contributed by atoms with Gasteiger partial charge in [0.05, 0.1) is 26.3 Å². The van der Waals surface area contributed by atoms with Gasteiger partial charge in [-0.1, -0.05) is 0 Å². The summed E-state index contributed by atoms with van der Waals surface area (Å²) in [5, 5.41) is 9.73. The molecule has 12 nitrogen and oxygen atoms in total. The highest BCUT2D eigenvalue weighted by Gasteiger charge is 2.40. The molecule has 2 atom stereocenters. The highest BCUT2D eigenvalue weighted by atomic mass is 35.5. The number of ether oxygens (including phenoxy) is 3. The maximum absolute atomic E-state index is 13.5. The lowest BCUT2D eigenvalue weighted by atomic mass is 10.1. The van der Waals surface area contributed by atoms with Crippen LogP contribution in [0.1, 0.15) is 42.1 Å². The number of rotatable bonds is 9. The maximum Gasteiger partial charge on any atom is 0.409 e. The lowest BCUT2D eigenvalue weighted by Gasteiger charge is -2.38. The van der Waals surface area contributed by atoms with E-state index < -0.39 is 36.7 Å². The molecular weight excluding hydrogens is 546 g/mol. The van der Waals surface area contributed by atoms with E-state index in [1.54, 1.807) is 6.92 Å². The number of aromatic nitrogens is 1. The second-order valence-electron chi connectivity index (χ2n) is 9.08. The molecule has 3 N–H and O–H groups in total. The monoisotopic (exact) mass is 574 g/mol. The third-order valence-electron chi connectivity index (χ3n) is 6.21. The van der Waals surface area contributed by atoms with E-state index in [2.05, 4.69) is 14.5 Å². The topological polar surface area (TPSA) is 158 Å². The minimum absolute atomic E-state index is 0. The van der Waals surface area contributed by atoms with Crippen molar-refractivity contribution in [2.45, 2.75) is 38.5 Å². The summed E-state index contributed by atoms with van der Waals surface area (Å²) in [4.78, 5) is 43.9. The van der Waals surface area contributed by atoms with Gasteiger partial charge >= 0.3 is 18.7 Å². The summed E-state index contributed by atoms with van der Waals surface area (Å²) >= 11 is 0. The molecule has 1 aliphatic carbocycles. The smallest absolute Gasteiger partial charge is 0.409 e. The third kappa shape index (κ3) is 6.87. The molecule has 2 aromatic rings. The standard InChI is InChI=1S/C24H28F2N4O8.ClH/c1-12(27)19-18(21(31)30-8-7-29(24(34)35-2)10-15(30)22(32)33)28-20(38-19)14-5-6-16(37-23(25)26)17(9-14)36-11-13-3-4-13;/h5-6,9,12-13,15,23H,3-4,7-8,10-11,27H2,1-2H3,(H,32,33);1H. The largest absolute Gasteiger partial charge is 0.489 e. The Kier molecular flexibility index (Phi) is 9.56. The number of carboxylic acid groups (broad SMARTS) is 1. The summed E-state index contributed by atoms with van der Waals surface area (Å²) in [6.07, 6.45) is 1.26. The number of piperazine rings is 1. The number of carbonyl (C=O) groups is 3. The highest BCUT2D eigenvalue weighted by molar-refractivity contribution is 5.97. The van der Waals surface area contributed by atoms with E-state index in [-0.39, 0.29) is 60.9 Å². The second kappa shape index (κ2) is 12.5. The third-order valence-corrected chi connectivity index (χ3v) is 6.21. The van der Waals surface area contributed by atoms with Crippen LogP contribution in [0, 0.1) is 5.92 Å². The molecule has 0 radical (unpaired) electrons.